The lowest BCUT2D eigenvalue weighted by Crippen LogP contribution is -2.35. The lowest BCUT2D eigenvalue weighted by molar-refractivity contribution is -0.137. The lowest BCUT2D eigenvalue weighted by Gasteiger charge is -2.33. The van der Waals surface area contributed by atoms with E-state index in [-0.39, 0.29) is 5.69 Å². The quantitative estimate of drug-likeness (QED) is 0.775. The Morgan fingerprint density at radius 1 is 1.24 bits per heavy atom. The number of pyridine rings is 2. The average molecular weight is 351 g/mol. The molecule has 0 aliphatic carbocycles. The summed E-state index contributed by atoms with van der Waals surface area (Å²) in [6, 6.07) is 4.13. The van der Waals surface area contributed by atoms with Gasteiger partial charge in [0, 0.05) is 24.5 Å². The maximum atomic E-state index is 12.7. The summed E-state index contributed by atoms with van der Waals surface area (Å²) < 4.78 is 43.0. The van der Waals surface area contributed by atoms with Gasteiger partial charge in [-0.2, -0.15) is 13.2 Å². The number of hydrogen-bond acceptors (Lipinski definition) is 5. The smallest absolute Gasteiger partial charge is 0.417 e. The van der Waals surface area contributed by atoms with Crippen LogP contribution < -0.4 is 4.90 Å². The summed E-state index contributed by atoms with van der Waals surface area (Å²) in [7, 11) is 1.28. The highest BCUT2D eigenvalue weighted by Crippen LogP contribution is 2.42. The van der Waals surface area contributed by atoms with E-state index in [4.69, 9.17) is 4.74 Å². The molecule has 0 saturated heterocycles. The van der Waals surface area contributed by atoms with Crippen molar-refractivity contribution in [3.63, 3.8) is 0 Å². The van der Waals surface area contributed by atoms with Crippen molar-refractivity contribution in [2.45, 2.75) is 32.1 Å². The first-order valence-corrected chi connectivity index (χ1v) is 7.54. The van der Waals surface area contributed by atoms with Crippen LogP contribution in [0.15, 0.2) is 30.6 Å². The second-order valence-corrected chi connectivity index (χ2v) is 6.23. The molecule has 3 rings (SSSR count). The highest BCUT2D eigenvalue weighted by molar-refractivity contribution is 5.90. The third kappa shape index (κ3) is 2.81. The molecule has 1 aliphatic rings. The third-order valence-electron chi connectivity index (χ3n) is 4.44. The fourth-order valence-electron chi connectivity index (χ4n) is 3.08. The Morgan fingerprint density at radius 2 is 1.96 bits per heavy atom. The van der Waals surface area contributed by atoms with E-state index in [9.17, 15) is 18.0 Å². The molecule has 0 fully saturated rings. The summed E-state index contributed by atoms with van der Waals surface area (Å²) in [5.74, 6) is -0.153. The fourth-order valence-corrected chi connectivity index (χ4v) is 3.08. The molecule has 2 aromatic rings. The van der Waals surface area contributed by atoms with Gasteiger partial charge in [0.2, 0.25) is 0 Å². The van der Waals surface area contributed by atoms with E-state index >= 15 is 0 Å². The monoisotopic (exact) mass is 351 g/mol. The Kier molecular flexibility index (Phi) is 3.93. The molecule has 8 heteroatoms. The maximum Gasteiger partial charge on any atom is 0.417 e. The third-order valence-corrected chi connectivity index (χ3v) is 4.44. The maximum absolute atomic E-state index is 12.7. The first kappa shape index (κ1) is 17.2. The van der Waals surface area contributed by atoms with Gasteiger partial charge in [0.25, 0.3) is 0 Å². The van der Waals surface area contributed by atoms with Gasteiger partial charge in [-0.05, 0) is 37.6 Å². The van der Waals surface area contributed by atoms with Crippen molar-refractivity contribution < 1.29 is 22.7 Å². The molecule has 0 N–H and O–H groups in total. The highest BCUT2D eigenvalue weighted by atomic mass is 19.4. The predicted molar refractivity (Wildman–Crippen MR) is 84.0 cm³/mol. The van der Waals surface area contributed by atoms with Gasteiger partial charge >= 0.3 is 12.1 Å². The van der Waals surface area contributed by atoms with Crippen molar-refractivity contribution >= 4 is 11.8 Å². The number of anilines is 1. The molecule has 1 aliphatic heterocycles. The van der Waals surface area contributed by atoms with Crippen LogP contribution in [0, 0.1) is 0 Å². The molecular weight excluding hydrogens is 335 g/mol. The van der Waals surface area contributed by atoms with E-state index in [0.717, 1.165) is 17.8 Å². The largest absolute Gasteiger partial charge is 0.464 e. The Labute approximate surface area is 142 Å². The van der Waals surface area contributed by atoms with Crippen LogP contribution in [0.5, 0.6) is 0 Å². The number of alkyl halides is 3. The average Bonchev–Trinajstić information content (AvgIpc) is 2.85. The van der Waals surface area contributed by atoms with Crippen molar-refractivity contribution in [2.75, 3.05) is 12.0 Å². The number of hydrogen-bond donors (Lipinski definition) is 0. The molecule has 0 aromatic carbocycles. The minimum Gasteiger partial charge on any atom is -0.464 e. The van der Waals surface area contributed by atoms with E-state index in [1.165, 1.54) is 19.4 Å². The molecule has 0 atom stereocenters. The van der Waals surface area contributed by atoms with Crippen LogP contribution in [0.1, 0.15) is 41.0 Å². The van der Waals surface area contributed by atoms with Crippen LogP contribution in [-0.4, -0.2) is 23.0 Å². The van der Waals surface area contributed by atoms with Crippen LogP contribution in [0.2, 0.25) is 0 Å². The molecule has 0 saturated carbocycles. The van der Waals surface area contributed by atoms with Crippen molar-refractivity contribution in [3.8, 4) is 0 Å². The number of nitrogens with zero attached hydrogens (tertiary/aromatic N) is 3. The van der Waals surface area contributed by atoms with Gasteiger partial charge in [0.1, 0.15) is 5.82 Å². The topological polar surface area (TPSA) is 55.3 Å². The zero-order chi connectivity index (χ0) is 18.4. The highest BCUT2D eigenvalue weighted by Gasteiger charge is 2.41. The second kappa shape index (κ2) is 5.72. The number of methoxy groups -OCH3 is 1. The molecule has 0 amide bonds. The molecular formula is C17H16F3N3O2. The summed E-state index contributed by atoms with van der Waals surface area (Å²) >= 11 is 0. The zero-order valence-electron chi connectivity index (χ0n) is 13.9. The summed E-state index contributed by atoms with van der Waals surface area (Å²) in [6.07, 6.45) is -2.10. The Bertz CT molecular complexity index is 817. The van der Waals surface area contributed by atoms with Crippen LogP contribution in [0.25, 0.3) is 0 Å². The molecule has 5 nitrogen and oxygen atoms in total. The SMILES string of the molecule is COC(=O)c1nccc2c1CN(c1ccc(C(F)(F)F)cn1)C2(C)C. The fraction of sp³-hybridized carbons (Fsp3) is 0.353. The summed E-state index contributed by atoms with van der Waals surface area (Å²) in [5, 5.41) is 0. The number of ether oxygens (including phenoxy) is 1. The number of halogens is 3. The van der Waals surface area contributed by atoms with Gasteiger partial charge < -0.3 is 9.64 Å². The molecule has 132 valence electrons. The number of carbonyl (C=O) groups is 1. The predicted octanol–water partition coefficient (Wildman–Crippen LogP) is 3.54. The first-order chi connectivity index (χ1) is 11.7. The first-order valence-electron chi connectivity index (χ1n) is 7.54. The molecule has 2 aromatic heterocycles. The van der Waals surface area contributed by atoms with Gasteiger partial charge in [-0.3, -0.25) is 0 Å². The zero-order valence-corrected chi connectivity index (χ0v) is 13.9. The molecule has 0 bridgehead atoms. The molecule has 0 radical (unpaired) electrons. The summed E-state index contributed by atoms with van der Waals surface area (Å²) in [6.45, 7) is 4.14. The van der Waals surface area contributed by atoms with Crippen LogP contribution in [0.4, 0.5) is 19.0 Å². The van der Waals surface area contributed by atoms with Crippen molar-refractivity contribution in [2.24, 2.45) is 0 Å². The van der Waals surface area contributed by atoms with Gasteiger partial charge in [0.15, 0.2) is 5.69 Å². The molecule has 25 heavy (non-hydrogen) atoms. The van der Waals surface area contributed by atoms with E-state index in [0.29, 0.717) is 17.9 Å². The van der Waals surface area contributed by atoms with E-state index < -0.39 is 23.2 Å². The normalized spacial score (nSPS) is 15.8. The minimum atomic E-state index is -4.43. The Hall–Kier alpha value is -2.64. The van der Waals surface area contributed by atoms with Crippen LogP contribution in [0.3, 0.4) is 0 Å². The van der Waals surface area contributed by atoms with Crippen LogP contribution >= 0.6 is 0 Å². The Morgan fingerprint density at radius 3 is 2.52 bits per heavy atom. The van der Waals surface area contributed by atoms with Crippen molar-refractivity contribution in [1.82, 2.24) is 9.97 Å². The van der Waals surface area contributed by atoms with E-state index in [2.05, 4.69) is 9.97 Å². The van der Waals surface area contributed by atoms with E-state index in [1.54, 1.807) is 6.07 Å². The van der Waals surface area contributed by atoms with Gasteiger partial charge in [-0.25, -0.2) is 14.8 Å². The lowest BCUT2D eigenvalue weighted by atomic mass is 9.94. The number of esters is 1. The minimum absolute atomic E-state index is 0.211. The van der Waals surface area contributed by atoms with Crippen molar-refractivity contribution in [3.05, 3.63) is 53.0 Å². The number of aromatic nitrogens is 2. The van der Waals surface area contributed by atoms with Gasteiger partial charge in [0.05, 0.1) is 18.2 Å². The van der Waals surface area contributed by atoms with Gasteiger partial charge in [-0.15, -0.1) is 0 Å². The second-order valence-electron chi connectivity index (χ2n) is 6.23. The number of fused-ring (bicyclic) bond motifs is 1. The van der Waals surface area contributed by atoms with Crippen LogP contribution in [-0.2, 0) is 23.0 Å². The van der Waals surface area contributed by atoms with E-state index in [1.807, 2.05) is 18.7 Å². The molecule has 0 unspecified atom stereocenters. The Balaban J connectivity index is 2.01. The summed E-state index contributed by atoms with van der Waals surface area (Å²) in [4.78, 5) is 21.8. The molecule has 3 heterocycles. The number of rotatable bonds is 2. The van der Waals surface area contributed by atoms with Crippen molar-refractivity contribution in [1.29, 1.82) is 0 Å². The standard InChI is InChI=1S/C17H16F3N3O2/c1-16(2)12-6-7-21-14(15(24)25-3)11(12)9-23(16)13-5-4-10(8-22-13)17(18,19)20/h4-8H,9H2,1-3H3. The summed E-state index contributed by atoms with van der Waals surface area (Å²) in [5.41, 5.74) is 0.407. The number of carbonyl (C=O) groups excluding carboxylic acids is 1. The molecule has 0 spiro atoms. The van der Waals surface area contributed by atoms with Gasteiger partial charge in [-0.1, -0.05) is 0 Å².